The predicted molar refractivity (Wildman–Crippen MR) is 75.7 cm³/mol. The van der Waals surface area contributed by atoms with Crippen molar-refractivity contribution in [2.24, 2.45) is 5.92 Å². The van der Waals surface area contributed by atoms with Crippen LogP contribution < -0.4 is 5.32 Å². The largest absolute Gasteiger partial charge is 0.312 e. The van der Waals surface area contributed by atoms with Crippen LogP contribution in [0.1, 0.15) is 37.9 Å². The summed E-state index contributed by atoms with van der Waals surface area (Å²) in [5, 5.41) is 7.64. The Balaban J connectivity index is 2.06. The van der Waals surface area contributed by atoms with E-state index in [4.69, 9.17) is 0 Å². The first-order valence-corrected chi connectivity index (χ1v) is 8.77. The van der Waals surface area contributed by atoms with Gasteiger partial charge in [-0.2, -0.15) is 5.10 Å². The maximum Gasteiger partial charge on any atom is 0.150 e. The van der Waals surface area contributed by atoms with E-state index >= 15 is 0 Å². The molecular weight excluding hydrogens is 262 g/mol. The molecule has 0 aliphatic carbocycles. The smallest absolute Gasteiger partial charge is 0.150 e. The molecule has 1 aliphatic heterocycles. The molecular formula is C13H23N3O2S. The van der Waals surface area contributed by atoms with Gasteiger partial charge in [0, 0.05) is 18.8 Å². The predicted octanol–water partition coefficient (Wildman–Crippen LogP) is 1.38. The third kappa shape index (κ3) is 3.57. The van der Waals surface area contributed by atoms with Crippen molar-refractivity contribution in [3.63, 3.8) is 0 Å². The average molecular weight is 285 g/mol. The molecule has 0 aromatic carbocycles. The molecule has 2 unspecified atom stereocenters. The Bertz CT molecular complexity index is 510. The van der Waals surface area contributed by atoms with Crippen LogP contribution in [-0.4, -0.2) is 36.8 Å². The zero-order valence-electron chi connectivity index (χ0n) is 11.7. The molecule has 1 N–H and O–H groups in total. The fourth-order valence-corrected chi connectivity index (χ4v) is 4.70. The highest BCUT2D eigenvalue weighted by Crippen LogP contribution is 2.28. The standard InChI is InChI=1S/C13H23N3O2S/c1-3-7-16-13(4-6-15-16)12(14-2)9-11-5-8-19(17,18)10-11/h4,6,11-12,14H,3,5,7-10H2,1-2H3. The average Bonchev–Trinajstić information content (AvgIpc) is 2.93. The second-order valence-electron chi connectivity index (χ2n) is 5.33. The Morgan fingerprint density at radius 2 is 2.37 bits per heavy atom. The highest BCUT2D eigenvalue weighted by atomic mass is 32.2. The highest BCUT2D eigenvalue weighted by molar-refractivity contribution is 7.91. The third-order valence-corrected chi connectivity index (χ3v) is 5.62. The van der Waals surface area contributed by atoms with Crippen LogP contribution in [0, 0.1) is 5.92 Å². The first kappa shape index (κ1) is 14.5. The maximum atomic E-state index is 11.5. The minimum absolute atomic E-state index is 0.187. The summed E-state index contributed by atoms with van der Waals surface area (Å²) in [6.07, 6.45) is 4.53. The van der Waals surface area contributed by atoms with Crippen molar-refractivity contribution in [2.75, 3.05) is 18.6 Å². The molecule has 6 heteroatoms. The van der Waals surface area contributed by atoms with Gasteiger partial charge in [-0.3, -0.25) is 4.68 Å². The van der Waals surface area contributed by atoms with E-state index in [2.05, 4.69) is 17.3 Å². The fraction of sp³-hybridized carbons (Fsp3) is 0.769. The Hall–Kier alpha value is -0.880. The molecule has 1 aliphatic rings. The zero-order chi connectivity index (χ0) is 13.9. The van der Waals surface area contributed by atoms with Gasteiger partial charge < -0.3 is 5.32 Å². The third-order valence-electron chi connectivity index (χ3n) is 3.79. The van der Waals surface area contributed by atoms with E-state index in [0.717, 1.165) is 31.5 Å². The van der Waals surface area contributed by atoms with Crippen molar-refractivity contribution < 1.29 is 8.42 Å². The second-order valence-corrected chi connectivity index (χ2v) is 7.55. The Labute approximate surface area is 115 Å². The van der Waals surface area contributed by atoms with Crippen LogP contribution in [0.15, 0.2) is 12.3 Å². The molecule has 2 heterocycles. The van der Waals surface area contributed by atoms with E-state index in [1.165, 1.54) is 0 Å². The van der Waals surface area contributed by atoms with Crippen LogP contribution in [0.3, 0.4) is 0 Å². The summed E-state index contributed by atoms with van der Waals surface area (Å²) in [4.78, 5) is 0. The second kappa shape index (κ2) is 6.05. The normalized spacial score (nSPS) is 23.6. The Morgan fingerprint density at radius 1 is 1.58 bits per heavy atom. The lowest BCUT2D eigenvalue weighted by Gasteiger charge is -2.20. The minimum atomic E-state index is -2.79. The molecule has 0 bridgehead atoms. The molecule has 1 aromatic rings. The summed E-state index contributed by atoms with van der Waals surface area (Å²) in [6.45, 7) is 3.03. The molecule has 0 amide bonds. The van der Waals surface area contributed by atoms with Crippen molar-refractivity contribution in [1.82, 2.24) is 15.1 Å². The van der Waals surface area contributed by atoms with Crippen LogP contribution >= 0.6 is 0 Å². The lowest BCUT2D eigenvalue weighted by Crippen LogP contribution is -2.23. The minimum Gasteiger partial charge on any atom is -0.312 e. The fourth-order valence-electron chi connectivity index (χ4n) is 2.82. The first-order chi connectivity index (χ1) is 9.05. The lowest BCUT2D eigenvalue weighted by atomic mass is 9.97. The number of aromatic nitrogens is 2. The quantitative estimate of drug-likeness (QED) is 0.857. The SMILES string of the molecule is CCCn1nccc1C(CC1CCS(=O)(=O)C1)NC. The Kier molecular flexibility index (Phi) is 4.62. The lowest BCUT2D eigenvalue weighted by molar-refractivity contribution is 0.408. The zero-order valence-corrected chi connectivity index (χ0v) is 12.5. The molecule has 2 rings (SSSR count). The van der Waals surface area contributed by atoms with Crippen LogP contribution in [0.2, 0.25) is 0 Å². The number of aryl methyl sites for hydroxylation is 1. The molecule has 1 fully saturated rings. The number of hydrogen-bond acceptors (Lipinski definition) is 4. The Morgan fingerprint density at radius 3 is 2.95 bits per heavy atom. The van der Waals surface area contributed by atoms with Gasteiger partial charge in [-0.25, -0.2) is 8.42 Å². The van der Waals surface area contributed by atoms with Gasteiger partial charge in [0.25, 0.3) is 0 Å². The topological polar surface area (TPSA) is 64.0 Å². The summed E-state index contributed by atoms with van der Waals surface area (Å²) in [5.74, 6) is 0.961. The molecule has 0 spiro atoms. The highest BCUT2D eigenvalue weighted by Gasteiger charge is 2.30. The summed E-state index contributed by atoms with van der Waals surface area (Å²) in [5.41, 5.74) is 1.16. The van der Waals surface area contributed by atoms with E-state index in [1.807, 2.05) is 24.0 Å². The number of nitrogens with one attached hydrogen (secondary N) is 1. The summed E-state index contributed by atoms with van der Waals surface area (Å²) < 4.78 is 25.1. The van der Waals surface area contributed by atoms with Gasteiger partial charge in [-0.15, -0.1) is 0 Å². The number of hydrogen-bond donors (Lipinski definition) is 1. The van der Waals surface area contributed by atoms with E-state index in [9.17, 15) is 8.42 Å². The van der Waals surface area contributed by atoms with E-state index in [1.54, 1.807) is 0 Å². The molecule has 0 radical (unpaired) electrons. The monoisotopic (exact) mass is 285 g/mol. The van der Waals surface area contributed by atoms with Crippen molar-refractivity contribution in [3.05, 3.63) is 18.0 Å². The maximum absolute atomic E-state index is 11.5. The summed E-state index contributed by atoms with van der Waals surface area (Å²) in [6, 6.07) is 2.22. The molecule has 0 saturated carbocycles. The molecule has 5 nitrogen and oxygen atoms in total. The van der Waals surface area contributed by atoms with Crippen molar-refractivity contribution in [1.29, 1.82) is 0 Å². The van der Waals surface area contributed by atoms with Crippen LogP contribution in [-0.2, 0) is 16.4 Å². The van der Waals surface area contributed by atoms with Crippen molar-refractivity contribution >= 4 is 9.84 Å². The van der Waals surface area contributed by atoms with Gasteiger partial charge >= 0.3 is 0 Å². The summed E-state index contributed by atoms with van der Waals surface area (Å²) >= 11 is 0. The summed E-state index contributed by atoms with van der Waals surface area (Å²) in [7, 11) is -0.861. The van der Waals surface area contributed by atoms with Crippen LogP contribution in [0.25, 0.3) is 0 Å². The van der Waals surface area contributed by atoms with Gasteiger partial charge in [0.05, 0.1) is 17.2 Å². The first-order valence-electron chi connectivity index (χ1n) is 6.95. The van der Waals surface area contributed by atoms with Gasteiger partial charge in [0.1, 0.15) is 0 Å². The van der Waals surface area contributed by atoms with Gasteiger partial charge in [0.15, 0.2) is 9.84 Å². The van der Waals surface area contributed by atoms with E-state index in [0.29, 0.717) is 11.5 Å². The number of sulfone groups is 1. The van der Waals surface area contributed by atoms with Gasteiger partial charge in [0.2, 0.25) is 0 Å². The van der Waals surface area contributed by atoms with Gasteiger partial charge in [-0.05, 0) is 38.3 Å². The van der Waals surface area contributed by atoms with Crippen LogP contribution in [0.4, 0.5) is 0 Å². The molecule has 108 valence electrons. The number of nitrogens with zero attached hydrogens (tertiary/aromatic N) is 2. The molecule has 1 aromatic heterocycles. The van der Waals surface area contributed by atoms with E-state index < -0.39 is 9.84 Å². The molecule has 19 heavy (non-hydrogen) atoms. The van der Waals surface area contributed by atoms with Crippen LogP contribution in [0.5, 0.6) is 0 Å². The molecule has 1 saturated heterocycles. The van der Waals surface area contributed by atoms with Crippen molar-refractivity contribution in [3.8, 4) is 0 Å². The van der Waals surface area contributed by atoms with Crippen molar-refractivity contribution in [2.45, 2.75) is 38.8 Å². The number of rotatable bonds is 6. The molecule has 2 atom stereocenters. The van der Waals surface area contributed by atoms with Gasteiger partial charge in [-0.1, -0.05) is 6.92 Å². The van der Waals surface area contributed by atoms with E-state index in [-0.39, 0.29) is 12.0 Å².